The number of aromatic nitrogens is 1. The summed E-state index contributed by atoms with van der Waals surface area (Å²) in [7, 11) is 0. The van der Waals surface area contributed by atoms with Crippen molar-refractivity contribution < 1.29 is 14.4 Å². The zero-order valence-corrected chi connectivity index (χ0v) is 18.7. The molecule has 162 valence electrons. The largest absolute Gasteiger partial charge is 0.302 e. The molecule has 0 spiro atoms. The van der Waals surface area contributed by atoms with Gasteiger partial charge in [-0.1, -0.05) is 24.3 Å². The maximum absolute atomic E-state index is 13.5. The number of imide groups is 1. The van der Waals surface area contributed by atoms with Gasteiger partial charge in [-0.15, -0.1) is 11.3 Å². The molecule has 1 fully saturated rings. The van der Waals surface area contributed by atoms with E-state index in [0.717, 1.165) is 15.2 Å². The van der Waals surface area contributed by atoms with Crippen molar-refractivity contribution in [3.05, 3.63) is 58.6 Å². The lowest BCUT2D eigenvalue weighted by atomic mass is 9.91. The second-order valence-electron chi connectivity index (χ2n) is 7.06. The molecule has 1 aromatic heterocycles. The number of thiocarbonyl (C=S) groups is 1. The maximum Gasteiger partial charge on any atom is 0.302 e. The van der Waals surface area contributed by atoms with Gasteiger partial charge in [0, 0.05) is 0 Å². The molecule has 2 aromatic carbocycles. The fourth-order valence-electron chi connectivity index (χ4n) is 3.38. The highest BCUT2D eigenvalue weighted by Crippen LogP contribution is 2.34. The first kappa shape index (κ1) is 21.7. The average molecular weight is 467 g/mol. The topological polar surface area (TPSA) is 130 Å². The second kappa shape index (κ2) is 8.54. The van der Waals surface area contributed by atoms with E-state index in [9.17, 15) is 14.4 Å². The number of hydrogen-bond acceptors (Lipinski definition) is 8. The summed E-state index contributed by atoms with van der Waals surface area (Å²) in [6.45, 7) is 3.63. The summed E-state index contributed by atoms with van der Waals surface area (Å²) in [5.41, 5.74) is 6.99. The Balaban J connectivity index is 1.86. The Morgan fingerprint density at radius 3 is 2.59 bits per heavy atom. The number of carbonyl (C=O) groups excluding carboxylic acids is 3. The fraction of sp³-hybridized carbons (Fsp3) is 0.143. The molecule has 1 saturated heterocycles. The third kappa shape index (κ3) is 3.66. The summed E-state index contributed by atoms with van der Waals surface area (Å²) in [6.07, 6.45) is 0. The van der Waals surface area contributed by atoms with E-state index >= 15 is 0 Å². The molecule has 2 heterocycles. The van der Waals surface area contributed by atoms with Crippen LogP contribution < -0.4 is 21.6 Å². The molecule has 9 nitrogen and oxygen atoms in total. The van der Waals surface area contributed by atoms with Crippen LogP contribution in [0.5, 0.6) is 0 Å². The lowest BCUT2D eigenvalue weighted by Crippen LogP contribution is -2.55. The summed E-state index contributed by atoms with van der Waals surface area (Å²) in [5.74, 6) is 1.53. The van der Waals surface area contributed by atoms with Crippen LogP contribution in [0.1, 0.15) is 22.1 Å². The number of amides is 2. The Morgan fingerprint density at radius 2 is 1.88 bits per heavy atom. The quantitative estimate of drug-likeness (QED) is 0.175. The molecule has 11 heteroatoms. The molecule has 4 N–H and O–H groups in total. The SMILES string of the molecule is Cc1cccc(N2C(=O)C(=O)C(c3nc4ccccc4s3)/C(=N/NC(=S)NN)C2=O)c1C. The maximum atomic E-state index is 13.5. The Hall–Kier alpha value is -3.54. The molecule has 1 unspecified atom stereocenters. The van der Waals surface area contributed by atoms with Crippen molar-refractivity contribution in [2.45, 2.75) is 19.8 Å². The lowest BCUT2D eigenvalue weighted by Gasteiger charge is -2.30. The number of fused-ring (bicyclic) bond motifs is 1. The van der Waals surface area contributed by atoms with E-state index in [2.05, 4.69) is 20.9 Å². The molecule has 3 aromatic rings. The summed E-state index contributed by atoms with van der Waals surface area (Å²) < 4.78 is 0.818. The number of hydrazine groups is 1. The third-order valence-electron chi connectivity index (χ3n) is 5.16. The number of aryl methyl sites for hydroxylation is 1. The summed E-state index contributed by atoms with van der Waals surface area (Å²) >= 11 is 6.16. The number of rotatable bonds is 3. The van der Waals surface area contributed by atoms with Crippen LogP contribution in [0.2, 0.25) is 0 Å². The van der Waals surface area contributed by atoms with E-state index in [1.54, 1.807) is 25.1 Å². The Labute approximate surface area is 192 Å². The number of thiazole rings is 1. The van der Waals surface area contributed by atoms with Crippen molar-refractivity contribution in [1.29, 1.82) is 0 Å². The van der Waals surface area contributed by atoms with E-state index in [1.165, 1.54) is 11.3 Å². The van der Waals surface area contributed by atoms with Gasteiger partial charge in [-0.05, 0) is 55.4 Å². The van der Waals surface area contributed by atoms with Crippen LogP contribution in [0, 0.1) is 13.8 Å². The number of nitrogens with one attached hydrogen (secondary N) is 2. The van der Waals surface area contributed by atoms with Gasteiger partial charge in [0.05, 0.1) is 15.9 Å². The highest BCUT2D eigenvalue weighted by atomic mass is 32.1. The number of para-hydroxylation sites is 1. The smallest absolute Gasteiger partial charge is 0.300 e. The minimum atomic E-state index is -1.26. The van der Waals surface area contributed by atoms with Gasteiger partial charge in [-0.3, -0.25) is 25.2 Å². The number of anilines is 1. The molecule has 1 aliphatic rings. The number of hydrazone groups is 1. The molecule has 2 amide bonds. The molecule has 0 bridgehead atoms. The van der Waals surface area contributed by atoms with Crippen molar-refractivity contribution in [3.8, 4) is 0 Å². The van der Waals surface area contributed by atoms with Crippen LogP contribution in [0.4, 0.5) is 5.69 Å². The number of carbonyl (C=O) groups is 3. The van der Waals surface area contributed by atoms with Crippen molar-refractivity contribution in [2.24, 2.45) is 10.9 Å². The van der Waals surface area contributed by atoms with Gasteiger partial charge in [0.25, 0.3) is 5.91 Å². The molecular weight excluding hydrogens is 448 g/mol. The third-order valence-corrected chi connectivity index (χ3v) is 6.47. The Bertz CT molecular complexity index is 1280. The number of nitrogens with two attached hydrogens (primary N) is 1. The molecule has 1 atom stereocenters. The minimum absolute atomic E-state index is 0.0593. The first-order valence-corrected chi connectivity index (χ1v) is 10.7. The van der Waals surface area contributed by atoms with Crippen LogP contribution in [0.3, 0.4) is 0 Å². The molecule has 0 aliphatic carbocycles. The van der Waals surface area contributed by atoms with Gasteiger partial charge < -0.3 is 0 Å². The lowest BCUT2D eigenvalue weighted by molar-refractivity contribution is -0.139. The molecule has 32 heavy (non-hydrogen) atoms. The van der Waals surface area contributed by atoms with E-state index in [4.69, 9.17) is 18.1 Å². The van der Waals surface area contributed by atoms with Crippen LogP contribution >= 0.6 is 23.6 Å². The van der Waals surface area contributed by atoms with E-state index in [0.29, 0.717) is 21.8 Å². The van der Waals surface area contributed by atoms with Crippen LogP contribution in [-0.2, 0) is 14.4 Å². The Kier molecular flexibility index (Phi) is 5.78. The molecule has 0 saturated carbocycles. The summed E-state index contributed by atoms with van der Waals surface area (Å²) in [6, 6.07) is 12.5. The first-order chi connectivity index (χ1) is 15.3. The highest BCUT2D eigenvalue weighted by molar-refractivity contribution is 7.80. The van der Waals surface area contributed by atoms with E-state index < -0.39 is 23.5 Å². The van der Waals surface area contributed by atoms with Gasteiger partial charge in [0.15, 0.2) is 0 Å². The Morgan fingerprint density at radius 1 is 1.12 bits per heavy atom. The number of hydrogen-bond donors (Lipinski definition) is 3. The van der Waals surface area contributed by atoms with Crippen molar-refractivity contribution in [1.82, 2.24) is 15.8 Å². The van der Waals surface area contributed by atoms with Gasteiger partial charge >= 0.3 is 5.91 Å². The standard InChI is InChI=1S/C21H18N6O3S2/c1-10-6-5-8-13(11(10)2)27-19(29)16(25-26-21(31)24-22)15(17(28)20(27)30)18-23-12-7-3-4-9-14(12)32-18/h3-9,15H,22H2,1-2H3,(H2,24,26,31)/b25-16-. The minimum Gasteiger partial charge on any atom is -0.300 e. The normalized spacial score (nSPS) is 17.8. The number of nitrogens with zero attached hydrogens (tertiary/aromatic N) is 3. The van der Waals surface area contributed by atoms with Crippen molar-refractivity contribution in [3.63, 3.8) is 0 Å². The number of ketones is 1. The van der Waals surface area contributed by atoms with Gasteiger partial charge in [0.2, 0.25) is 10.9 Å². The first-order valence-electron chi connectivity index (χ1n) is 9.52. The van der Waals surface area contributed by atoms with Crippen molar-refractivity contribution >= 4 is 67.9 Å². The monoisotopic (exact) mass is 466 g/mol. The number of piperidine rings is 1. The summed E-state index contributed by atoms with van der Waals surface area (Å²) in [4.78, 5) is 45.3. The van der Waals surface area contributed by atoms with Crippen LogP contribution in [-0.4, -0.2) is 33.4 Å². The zero-order chi connectivity index (χ0) is 23.0. The van der Waals surface area contributed by atoms with Crippen LogP contribution in [0.25, 0.3) is 10.2 Å². The number of Topliss-reactive ketones (excluding diaryl/α,β-unsaturated/α-hetero) is 1. The van der Waals surface area contributed by atoms with Gasteiger partial charge in [-0.2, -0.15) is 5.10 Å². The number of benzene rings is 2. The second-order valence-corrected chi connectivity index (χ2v) is 8.53. The highest BCUT2D eigenvalue weighted by Gasteiger charge is 2.48. The molecular formula is C21H18N6O3S2. The van der Waals surface area contributed by atoms with Crippen molar-refractivity contribution in [2.75, 3.05) is 4.90 Å². The zero-order valence-electron chi connectivity index (χ0n) is 17.1. The predicted molar refractivity (Wildman–Crippen MR) is 126 cm³/mol. The predicted octanol–water partition coefficient (Wildman–Crippen LogP) is 1.83. The average Bonchev–Trinajstić information content (AvgIpc) is 3.21. The van der Waals surface area contributed by atoms with E-state index in [-0.39, 0.29) is 10.8 Å². The van der Waals surface area contributed by atoms with Crippen LogP contribution in [0.15, 0.2) is 47.6 Å². The molecule has 1 aliphatic heterocycles. The van der Waals surface area contributed by atoms with Gasteiger partial charge in [0.1, 0.15) is 16.6 Å². The summed E-state index contributed by atoms with van der Waals surface area (Å²) in [5, 5.41) is 4.30. The molecule has 0 radical (unpaired) electrons. The molecule has 4 rings (SSSR count). The van der Waals surface area contributed by atoms with E-state index in [1.807, 2.05) is 31.2 Å². The van der Waals surface area contributed by atoms with Gasteiger partial charge in [-0.25, -0.2) is 15.7 Å². The fourth-order valence-corrected chi connectivity index (χ4v) is 4.50.